The summed E-state index contributed by atoms with van der Waals surface area (Å²) in [5.74, 6) is 0.366. The SMILES string of the molecule is CNC(C)COC(C)(C)[C@H](C)COC(C)(C)C. The number of hydrogen-bond acceptors (Lipinski definition) is 3. The van der Waals surface area contributed by atoms with Gasteiger partial charge in [-0.2, -0.15) is 0 Å². The van der Waals surface area contributed by atoms with Gasteiger partial charge < -0.3 is 14.8 Å². The quantitative estimate of drug-likeness (QED) is 0.748. The van der Waals surface area contributed by atoms with Crippen LogP contribution in [-0.4, -0.2) is 37.5 Å². The average Bonchev–Trinajstić information content (AvgIpc) is 2.21. The standard InChI is InChI=1S/C14H31NO2/c1-11(9-16-13(3,4)5)14(6,7)17-10-12(2)15-8/h11-12,15H,9-10H2,1-8H3/t11-,12?/m1/s1. The number of likely N-dealkylation sites (N-methyl/N-ethyl adjacent to an activating group) is 1. The third-order valence-electron chi connectivity index (χ3n) is 3.15. The van der Waals surface area contributed by atoms with E-state index in [2.05, 4.69) is 53.8 Å². The smallest absolute Gasteiger partial charge is 0.0674 e. The molecule has 1 unspecified atom stereocenters. The molecule has 0 aliphatic rings. The van der Waals surface area contributed by atoms with Gasteiger partial charge >= 0.3 is 0 Å². The lowest BCUT2D eigenvalue weighted by Crippen LogP contribution is -2.40. The first kappa shape index (κ1) is 16.9. The predicted molar refractivity (Wildman–Crippen MR) is 73.4 cm³/mol. The van der Waals surface area contributed by atoms with Gasteiger partial charge in [0.25, 0.3) is 0 Å². The summed E-state index contributed by atoms with van der Waals surface area (Å²) in [7, 11) is 1.95. The van der Waals surface area contributed by atoms with Gasteiger partial charge in [0.1, 0.15) is 0 Å². The summed E-state index contributed by atoms with van der Waals surface area (Å²) < 4.78 is 11.8. The van der Waals surface area contributed by atoms with Crippen molar-refractivity contribution in [3.05, 3.63) is 0 Å². The zero-order valence-electron chi connectivity index (χ0n) is 12.9. The number of hydrogen-bond donors (Lipinski definition) is 1. The molecule has 0 radical (unpaired) electrons. The van der Waals surface area contributed by atoms with E-state index in [4.69, 9.17) is 9.47 Å². The molecule has 0 aliphatic carbocycles. The molecule has 2 atom stereocenters. The highest BCUT2D eigenvalue weighted by atomic mass is 16.5. The van der Waals surface area contributed by atoms with Crippen LogP contribution in [0.25, 0.3) is 0 Å². The summed E-state index contributed by atoms with van der Waals surface area (Å²) in [6.45, 7) is 16.2. The van der Waals surface area contributed by atoms with Crippen molar-refractivity contribution in [3.63, 3.8) is 0 Å². The normalized spacial score (nSPS) is 16.9. The van der Waals surface area contributed by atoms with Crippen molar-refractivity contribution in [2.45, 2.75) is 65.7 Å². The fourth-order valence-corrected chi connectivity index (χ4v) is 1.14. The van der Waals surface area contributed by atoms with Crippen LogP contribution in [0.4, 0.5) is 0 Å². The van der Waals surface area contributed by atoms with Gasteiger partial charge in [0, 0.05) is 12.0 Å². The lowest BCUT2D eigenvalue weighted by molar-refractivity contribution is -0.104. The first-order chi connectivity index (χ1) is 7.58. The predicted octanol–water partition coefficient (Wildman–Crippen LogP) is 2.84. The van der Waals surface area contributed by atoms with Crippen LogP contribution in [0.5, 0.6) is 0 Å². The fourth-order valence-electron chi connectivity index (χ4n) is 1.14. The summed E-state index contributed by atoms with van der Waals surface area (Å²) >= 11 is 0. The molecule has 0 heterocycles. The maximum atomic E-state index is 5.97. The maximum Gasteiger partial charge on any atom is 0.0674 e. The average molecular weight is 245 g/mol. The Morgan fingerprint density at radius 3 is 1.88 bits per heavy atom. The third kappa shape index (κ3) is 7.74. The Balaban J connectivity index is 4.11. The van der Waals surface area contributed by atoms with Crippen LogP contribution in [0.1, 0.15) is 48.5 Å². The molecule has 0 amide bonds. The van der Waals surface area contributed by atoms with Gasteiger partial charge in [0.2, 0.25) is 0 Å². The molecule has 0 aromatic carbocycles. The van der Waals surface area contributed by atoms with Crippen molar-refractivity contribution in [2.75, 3.05) is 20.3 Å². The van der Waals surface area contributed by atoms with Gasteiger partial charge in [-0.25, -0.2) is 0 Å². The van der Waals surface area contributed by atoms with Crippen LogP contribution in [-0.2, 0) is 9.47 Å². The van der Waals surface area contributed by atoms with Crippen LogP contribution in [0.2, 0.25) is 0 Å². The number of nitrogens with one attached hydrogen (secondary N) is 1. The second kappa shape index (κ2) is 6.72. The highest BCUT2D eigenvalue weighted by Crippen LogP contribution is 2.23. The van der Waals surface area contributed by atoms with Crippen molar-refractivity contribution >= 4 is 0 Å². The van der Waals surface area contributed by atoms with E-state index in [0.29, 0.717) is 12.0 Å². The largest absolute Gasteiger partial charge is 0.375 e. The second-order valence-corrected chi connectivity index (χ2v) is 6.43. The van der Waals surface area contributed by atoms with Gasteiger partial charge in [0.05, 0.1) is 24.4 Å². The Bertz CT molecular complexity index is 209. The molecule has 0 bridgehead atoms. The highest BCUT2D eigenvalue weighted by molar-refractivity contribution is 4.78. The molecule has 0 aromatic rings. The minimum Gasteiger partial charge on any atom is -0.375 e. The summed E-state index contributed by atoms with van der Waals surface area (Å²) in [6, 6.07) is 0.380. The lowest BCUT2D eigenvalue weighted by Gasteiger charge is -2.34. The fraction of sp³-hybridized carbons (Fsp3) is 1.00. The Hall–Kier alpha value is -0.120. The van der Waals surface area contributed by atoms with Gasteiger partial charge in [0.15, 0.2) is 0 Å². The number of rotatable bonds is 7. The molecule has 0 saturated heterocycles. The molecular weight excluding hydrogens is 214 g/mol. The van der Waals surface area contributed by atoms with Gasteiger partial charge in [-0.1, -0.05) is 6.92 Å². The Morgan fingerprint density at radius 1 is 0.941 bits per heavy atom. The first-order valence-corrected chi connectivity index (χ1v) is 6.53. The molecule has 0 fully saturated rings. The van der Waals surface area contributed by atoms with Gasteiger partial charge in [-0.15, -0.1) is 0 Å². The molecule has 0 aliphatic heterocycles. The summed E-state index contributed by atoms with van der Waals surface area (Å²) in [5.41, 5.74) is -0.237. The van der Waals surface area contributed by atoms with Gasteiger partial charge in [-0.3, -0.25) is 0 Å². The van der Waals surface area contributed by atoms with E-state index in [-0.39, 0.29) is 11.2 Å². The van der Waals surface area contributed by atoms with Crippen LogP contribution in [0.15, 0.2) is 0 Å². The molecule has 17 heavy (non-hydrogen) atoms. The third-order valence-corrected chi connectivity index (χ3v) is 3.15. The summed E-state index contributed by atoms with van der Waals surface area (Å²) in [6.07, 6.45) is 0. The topological polar surface area (TPSA) is 30.5 Å². The van der Waals surface area contributed by atoms with Crippen molar-refractivity contribution in [1.82, 2.24) is 5.32 Å². The minimum atomic E-state index is -0.156. The molecule has 0 rings (SSSR count). The summed E-state index contributed by atoms with van der Waals surface area (Å²) in [4.78, 5) is 0. The monoisotopic (exact) mass is 245 g/mol. The lowest BCUT2D eigenvalue weighted by atomic mass is 9.93. The van der Waals surface area contributed by atoms with E-state index in [0.717, 1.165) is 13.2 Å². The van der Waals surface area contributed by atoms with Crippen molar-refractivity contribution in [3.8, 4) is 0 Å². The molecule has 1 N–H and O–H groups in total. The molecule has 0 saturated carbocycles. The van der Waals surface area contributed by atoms with Crippen LogP contribution >= 0.6 is 0 Å². The van der Waals surface area contributed by atoms with Crippen LogP contribution in [0.3, 0.4) is 0 Å². The van der Waals surface area contributed by atoms with E-state index in [1.807, 2.05) is 7.05 Å². The molecule has 0 spiro atoms. The Kier molecular flexibility index (Phi) is 6.67. The maximum absolute atomic E-state index is 5.97. The molecule has 3 nitrogen and oxygen atoms in total. The van der Waals surface area contributed by atoms with Crippen molar-refractivity contribution in [1.29, 1.82) is 0 Å². The first-order valence-electron chi connectivity index (χ1n) is 6.53. The zero-order valence-corrected chi connectivity index (χ0v) is 12.9. The van der Waals surface area contributed by atoms with Crippen LogP contribution in [0, 0.1) is 5.92 Å². The van der Waals surface area contributed by atoms with E-state index in [1.54, 1.807) is 0 Å². The van der Waals surface area contributed by atoms with Crippen molar-refractivity contribution in [2.24, 2.45) is 5.92 Å². The van der Waals surface area contributed by atoms with E-state index in [9.17, 15) is 0 Å². The van der Waals surface area contributed by atoms with Crippen molar-refractivity contribution < 1.29 is 9.47 Å². The second-order valence-electron chi connectivity index (χ2n) is 6.43. The molecule has 3 heteroatoms. The molecule has 0 aromatic heterocycles. The Morgan fingerprint density at radius 2 is 1.47 bits per heavy atom. The zero-order chi connectivity index (χ0) is 13.7. The van der Waals surface area contributed by atoms with Crippen LogP contribution < -0.4 is 5.32 Å². The molecule has 104 valence electrons. The van der Waals surface area contributed by atoms with E-state index < -0.39 is 0 Å². The highest BCUT2D eigenvalue weighted by Gasteiger charge is 2.28. The van der Waals surface area contributed by atoms with E-state index in [1.165, 1.54) is 0 Å². The van der Waals surface area contributed by atoms with Gasteiger partial charge in [-0.05, 0) is 48.6 Å². The van der Waals surface area contributed by atoms with E-state index >= 15 is 0 Å². The Labute approximate surface area is 107 Å². The molecular formula is C14H31NO2. The summed E-state index contributed by atoms with van der Waals surface area (Å²) in [5, 5.41) is 3.18. The number of ether oxygens (including phenoxy) is 2. The minimum absolute atomic E-state index is 0.0807.